The quantitative estimate of drug-likeness (QED) is 0.848. The molecule has 1 aromatic rings. The minimum atomic E-state index is 0.0572. The first-order valence-electron chi connectivity index (χ1n) is 8.38. The fourth-order valence-electron chi connectivity index (χ4n) is 2.70. The maximum absolute atomic E-state index is 12.6. The Kier molecular flexibility index (Phi) is 6.39. The van der Waals surface area contributed by atoms with E-state index in [4.69, 9.17) is 4.74 Å². The molecule has 0 aliphatic carbocycles. The standard InChI is InChI=1S/C19H26N2O2/c1-4-5-11-21-12-7-6-8-17-13-20-10-9-18(17)16(3)23-14-15(2)19(21)22/h9-10,13-14H,3-8,11-12H2,1-2H3/b15-14+. The minimum absolute atomic E-state index is 0.0572. The summed E-state index contributed by atoms with van der Waals surface area (Å²) >= 11 is 0. The molecular formula is C19H26N2O2. The van der Waals surface area contributed by atoms with Crippen molar-refractivity contribution < 1.29 is 9.53 Å². The lowest BCUT2D eigenvalue weighted by Gasteiger charge is -2.23. The van der Waals surface area contributed by atoms with E-state index in [-0.39, 0.29) is 5.91 Å². The molecule has 4 heteroatoms. The highest BCUT2D eigenvalue weighted by atomic mass is 16.5. The van der Waals surface area contributed by atoms with Gasteiger partial charge in [-0.25, -0.2) is 0 Å². The van der Waals surface area contributed by atoms with Crippen molar-refractivity contribution in [2.24, 2.45) is 0 Å². The van der Waals surface area contributed by atoms with E-state index in [1.165, 1.54) is 6.26 Å². The van der Waals surface area contributed by atoms with Gasteiger partial charge in [0.2, 0.25) is 0 Å². The van der Waals surface area contributed by atoms with Crippen molar-refractivity contribution in [1.82, 2.24) is 9.88 Å². The van der Waals surface area contributed by atoms with Crippen LogP contribution < -0.4 is 0 Å². The van der Waals surface area contributed by atoms with Crippen LogP contribution in [0.4, 0.5) is 0 Å². The molecule has 0 fully saturated rings. The number of carbonyl (C=O) groups is 1. The molecule has 1 amide bonds. The van der Waals surface area contributed by atoms with Gasteiger partial charge in [-0.2, -0.15) is 0 Å². The number of rotatable bonds is 3. The van der Waals surface area contributed by atoms with Crippen molar-refractivity contribution in [3.63, 3.8) is 0 Å². The fraction of sp³-hybridized carbons (Fsp3) is 0.474. The fourth-order valence-corrected chi connectivity index (χ4v) is 2.70. The molecule has 1 aromatic heterocycles. The van der Waals surface area contributed by atoms with Gasteiger partial charge in [0, 0.05) is 36.6 Å². The zero-order valence-electron chi connectivity index (χ0n) is 14.2. The predicted octanol–water partition coefficient (Wildman–Crippen LogP) is 3.94. The topological polar surface area (TPSA) is 42.4 Å². The van der Waals surface area contributed by atoms with Crippen molar-refractivity contribution in [2.75, 3.05) is 13.1 Å². The second kappa shape index (κ2) is 8.51. The van der Waals surface area contributed by atoms with Crippen LogP contribution >= 0.6 is 0 Å². The molecule has 1 aliphatic heterocycles. The third kappa shape index (κ3) is 4.68. The molecule has 0 bridgehead atoms. The van der Waals surface area contributed by atoms with Crippen LogP contribution in [-0.2, 0) is 16.0 Å². The number of aromatic nitrogens is 1. The van der Waals surface area contributed by atoms with Crippen molar-refractivity contribution in [3.05, 3.63) is 48.0 Å². The van der Waals surface area contributed by atoms with Crippen LogP contribution in [0.3, 0.4) is 0 Å². The highest BCUT2D eigenvalue weighted by Gasteiger charge is 2.16. The van der Waals surface area contributed by atoms with E-state index in [0.29, 0.717) is 11.3 Å². The van der Waals surface area contributed by atoms with Crippen molar-refractivity contribution in [3.8, 4) is 0 Å². The normalized spacial score (nSPS) is 19.0. The zero-order chi connectivity index (χ0) is 16.7. The van der Waals surface area contributed by atoms with E-state index in [9.17, 15) is 4.79 Å². The number of nitrogens with zero attached hydrogens (tertiary/aromatic N) is 2. The number of pyridine rings is 1. The first-order chi connectivity index (χ1) is 11.1. The monoisotopic (exact) mass is 314 g/mol. The van der Waals surface area contributed by atoms with Gasteiger partial charge in [-0.3, -0.25) is 9.78 Å². The molecule has 2 heterocycles. The molecule has 23 heavy (non-hydrogen) atoms. The summed E-state index contributed by atoms with van der Waals surface area (Å²) in [6.45, 7) is 9.53. The van der Waals surface area contributed by atoms with Crippen LogP contribution in [0.5, 0.6) is 0 Å². The summed E-state index contributed by atoms with van der Waals surface area (Å²) < 4.78 is 5.64. The third-order valence-corrected chi connectivity index (χ3v) is 4.11. The average molecular weight is 314 g/mol. The van der Waals surface area contributed by atoms with E-state index in [0.717, 1.165) is 56.3 Å². The first-order valence-corrected chi connectivity index (χ1v) is 8.38. The largest absolute Gasteiger partial charge is 0.465 e. The Morgan fingerprint density at radius 1 is 1.39 bits per heavy atom. The minimum Gasteiger partial charge on any atom is -0.465 e. The van der Waals surface area contributed by atoms with Crippen molar-refractivity contribution >= 4 is 11.7 Å². The summed E-state index contributed by atoms with van der Waals surface area (Å²) in [7, 11) is 0. The summed E-state index contributed by atoms with van der Waals surface area (Å²) in [4.78, 5) is 18.7. The Morgan fingerprint density at radius 3 is 3.00 bits per heavy atom. The van der Waals surface area contributed by atoms with Gasteiger partial charge in [0.15, 0.2) is 0 Å². The Hall–Kier alpha value is -2.10. The van der Waals surface area contributed by atoms with E-state index >= 15 is 0 Å². The van der Waals surface area contributed by atoms with Crippen LogP contribution in [0.25, 0.3) is 5.76 Å². The lowest BCUT2D eigenvalue weighted by molar-refractivity contribution is -0.127. The second-order valence-corrected chi connectivity index (χ2v) is 5.98. The summed E-state index contributed by atoms with van der Waals surface area (Å²) in [6.07, 6.45) is 10.2. The van der Waals surface area contributed by atoms with Gasteiger partial charge < -0.3 is 9.64 Å². The molecule has 0 unspecified atom stereocenters. The lowest BCUT2D eigenvalue weighted by atomic mass is 10.0. The first kappa shape index (κ1) is 17.3. The molecule has 0 aromatic carbocycles. The number of aryl methyl sites for hydroxylation is 1. The maximum atomic E-state index is 12.6. The summed E-state index contributed by atoms with van der Waals surface area (Å²) in [5, 5.41) is 0. The van der Waals surface area contributed by atoms with Gasteiger partial charge in [0.1, 0.15) is 5.76 Å². The molecule has 0 N–H and O–H groups in total. The molecule has 0 spiro atoms. The van der Waals surface area contributed by atoms with Crippen molar-refractivity contribution in [2.45, 2.75) is 46.0 Å². The zero-order valence-corrected chi connectivity index (χ0v) is 14.2. The highest BCUT2D eigenvalue weighted by molar-refractivity contribution is 5.92. The molecule has 4 nitrogen and oxygen atoms in total. The number of fused-ring (bicyclic) bond motifs is 1. The highest BCUT2D eigenvalue weighted by Crippen LogP contribution is 2.21. The molecule has 0 radical (unpaired) electrons. The van der Waals surface area contributed by atoms with Crippen molar-refractivity contribution in [1.29, 1.82) is 0 Å². The number of hydrogen-bond acceptors (Lipinski definition) is 3. The number of amides is 1. The second-order valence-electron chi connectivity index (χ2n) is 5.98. The Morgan fingerprint density at radius 2 is 2.22 bits per heavy atom. The van der Waals surface area contributed by atoms with Crippen LogP contribution in [0.2, 0.25) is 0 Å². The third-order valence-electron chi connectivity index (χ3n) is 4.11. The Bertz CT molecular complexity index is 593. The van der Waals surface area contributed by atoms with E-state index < -0.39 is 0 Å². The molecule has 124 valence electrons. The Balaban J connectivity index is 2.21. The van der Waals surface area contributed by atoms with Crippen LogP contribution in [-0.4, -0.2) is 28.9 Å². The maximum Gasteiger partial charge on any atom is 0.252 e. The molecule has 1 aliphatic rings. The Labute approximate surface area is 138 Å². The van der Waals surface area contributed by atoms with Crippen LogP contribution in [0.15, 0.2) is 36.9 Å². The van der Waals surface area contributed by atoms with Crippen LogP contribution in [0.1, 0.15) is 50.7 Å². The smallest absolute Gasteiger partial charge is 0.252 e. The van der Waals surface area contributed by atoms with E-state index in [1.807, 2.05) is 17.2 Å². The van der Waals surface area contributed by atoms with E-state index in [2.05, 4.69) is 18.5 Å². The van der Waals surface area contributed by atoms with Gasteiger partial charge in [-0.15, -0.1) is 0 Å². The SMILES string of the molecule is C=C1O/C=C(\C)C(=O)N(CCCC)CCCCc2cnccc21. The molecular weight excluding hydrogens is 288 g/mol. The van der Waals surface area contributed by atoms with Gasteiger partial charge in [-0.1, -0.05) is 19.9 Å². The lowest BCUT2D eigenvalue weighted by Crippen LogP contribution is -2.33. The number of hydrogen-bond donors (Lipinski definition) is 0. The molecule has 0 saturated carbocycles. The summed E-state index contributed by atoms with van der Waals surface area (Å²) in [5.74, 6) is 0.622. The number of carbonyl (C=O) groups excluding carboxylic acids is 1. The summed E-state index contributed by atoms with van der Waals surface area (Å²) in [5.41, 5.74) is 2.73. The molecule has 0 atom stereocenters. The summed E-state index contributed by atoms with van der Waals surface area (Å²) in [6, 6.07) is 1.92. The van der Waals surface area contributed by atoms with Gasteiger partial charge >= 0.3 is 0 Å². The van der Waals surface area contributed by atoms with Gasteiger partial charge in [0.05, 0.1) is 6.26 Å². The average Bonchev–Trinajstić information content (AvgIpc) is 2.57. The number of unbranched alkanes of at least 4 members (excludes halogenated alkanes) is 1. The van der Waals surface area contributed by atoms with Crippen LogP contribution in [0, 0.1) is 0 Å². The number of ether oxygens (including phenoxy) is 1. The predicted molar refractivity (Wildman–Crippen MR) is 92.5 cm³/mol. The van der Waals surface area contributed by atoms with Gasteiger partial charge in [0.25, 0.3) is 5.91 Å². The van der Waals surface area contributed by atoms with E-state index in [1.54, 1.807) is 13.1 Å². The molecule has 0 saturated heterocycles. The molecule has 2 rings (SSSR count). The van der Waals surface area contributed by atoms with Gasteiger partial charge in [-0.05, 0) is 44.2 Å².